The zero-order valence-corrected chi connectivity index (χ0v) is 10.1. The lowest BCUT2D eigenvalue weighted by Crippen LogP contribution is -2.17. The second kappa shape index (κ2) is 5.01. The quantitative estimate of drug-likeness (QED) is 0.868. The van der Waals surface area contributed by atoms with Crippen molar-refractivity contribution in [1.82, 2.24) is 9.78 Å². The van der Waals surface area contributed by atoms with E-state index in [1.807, 2.05) is 36.0 Å². The molecular weight excluding hydrogens is 214 g/mol. The number of rotatable bonds is 4. The van der Waals surface area contributed by atoms with Gasteiger partial charge in [-0.3, -0.25) is 4.68 Å². The minimum atomic E-state index is 0.151. The molecule has 0 bridgehead atoms. The van der Waals surface area contributed by atoms with E-state index in [1.54, 1.807) is 13.3 Å². The Kier molecular flexibility index (Phi) is 3.44. The highest BCUT2D eigenvalue weighted by Crippen LogP contribution is 2.25. The van der Waals surface area contributed by atoms with Crippen LogP contribution in [-0.2, 0) is 7.05 Å². The summed E-state index contributed by atoms with van der Waals surface area (Å²) in [6.45, 7) is 0.548. The third-order valence-corrected chi connectivity index (χ3v) is 2.95. The van der Waals surface area contributed by atoms with Crippen LogP contribution in [0.1, 0.15) is 17.2 Å². The lowest BCUT2D eigenvalue weighted by molar-refractivity contribution is 0.414. The normalized spacial score (nSPS) is 12.4. The Balaban J connectivity index is 2.38. The minimum absolute atomic E-state index is 0.151. The summed E-state index contributed by atoms with van der Waals surface area (Å²) in [6.07, 6.45) is 1.79. The SMILES string of the molecule is COc1cccc(C(CN)c2ccnn2C)c1. The zero-order chi connectivity index (χ0) is 12.3. The molecule has 1 atom stereocenters. The molecule has 0 radical (unpaired) electrons. The van der Waals surface area contributed by atoms with Gasteiger partial charge in [-0.05, 0) is 23.8 Å². The molecule has 2 rings (SSSR count). The number of hydrogen-bond donors (Lipinski definition) is 1. The molecule has 90 valence electrons. The summed E-state index contributed by atoms with van der Waals surface area (Å²) >= 11 is 0. The maximum absolute atomic E-state index is 5.87. The fourth-order valence-corrected chi connectivity index (χ4v) is 2.01. The molecule has 1 unspecified atom stereocenters. The van der Waals surface area contributed by atoms with Crippen molar-refractivity contribution < 1.29 is 4.74 Å². The first-order chi connectivity index (χ1) is 8.26. The van der Waals surface area contributed by atoms with E-state index < -0.39 is 0 Å². The first-order valence-electron chi connectivity index (χ1n) is 5.58. The summed E-state index contributed by atoms with van der Waals surface area (Å²) in [5, 5.41) is 4.18. The summed E-state index contributed by atoms with van der Waals surface area (Å²) in [5.74, 6) is 1.00. The summed E-state index contributed by atoms with van der Waals surface area (Å²) in [4.78, 5) is 0. The average molecular weight is 231 g/mol. The van der Waals surface area contributed by atoms with Crippen molar-refractivity contribution >= 4 is 0 Å². The van der Waals surface area contributed by atoms with Crippen molar-refractivity contribution in [3.8, 4) is 5.75 Å². The Labute approximate surface area is 101 Å². The molecule has 0 fully saturated rings. The molecular formula is C13H17N3O. The molecule has 2 N–H and O–H groups in total. The van der Waals surface area contributed by atoms with Crippen molar-refractivity contribution in [2.45, 2.75) is 5.92 Å². The second-order valence-corrected chi connectivity index (χ2v) is 3.94. The Morgan fingerprint density at radius 2 is 2.24 bits per heavy atom. The average Bonchev–Trinajstić information content (AvgIpc) is 2.77. The van der Waals surface area contributed by atoms with Crippen molar-refractivity contribution in [3.63, 3.8) is 0 Å². The van der Waals surface area contributed by atoms with Gasteiger partial charge in [0.2, 0.25) is 0 Å². The number of hydrogen-bond acceptors (Lipinski definition) is 3. The predicted octanol–water partition coefficient (Wildman–Crippen LogP) is 1.52. The summed E-state index contributed by atoms with van der Waals surface area (Å²) in [7, 11) is 3.60. The number of nitrogens with two attached hydrogens (primary N) is 1. The molecule has 1 aromatic heterocycles. The number of aryl methyl sites for hydroxylation is 1. The van der Waals surface area contributed by atoms with Crippen LogP contribution in [0, 0.1) is 0 Å². The molecule has 1 heterocycles. The summed E-state index contributed by atoms with van der Waals surface area (Å²) in [5.41, 5.74) is 8.13. The molecule has 17 heavy (non-hydrogen) atoms. The lowest BCUT2D eigenvalue weighted by atomic mass is 9.95. The van der Waals surface area contributed by atoms with Gasteiger partial charge in [-0.25, -0.2) is 0 Å². The number of aromatic nitrogens is 2. The van der Waals surface area contributed by atoms with Crippen LogP contribution in [0.3, 0.4) is 0 Å². The topological polar surface area (TPSA) is 53.1 Å². The van der Waals surface area contributed by atoms with Gasteiger partial charge in [0.05, 0.1) is 7.11 Å². The van der Waals surface area contributed by atoms with E-state index in [9.17, 15) is 0 Å². The second-order valence-electron chi connectivity index (χ2n) is 3.94. The first-order valence-corrected chi connectivity index (χ1v) is 5.58. The minimum Gasteiger partial charge on any atom is -0.497 e. The number of benzene rings is 1. The van der Waals surface area contributed by atoms with Crippen molar-refractivity contribution in [2.75, 3.05) is 13.7 Å². The van der Waals surface area contributed by atoms with E-state index in [4.69, 9.17) is 10.5 Å². The van der Waals surface area contributed by atoms with Crippen molar-refractivity contribution in [3.05, 3.63) is 47.8 Å². The lowest BCUT2D eigenvalue weighted by Gasteiger charge is -2.16. The smallest absolute Gasteiger partial charge is 0.119 e. The number of ether oxygens (including phenoxy) is 1. The monoisotopic (exact) mass is 231 g/mol. The van der Waals surface area contributed by atoms with E-state index >= 15 is 0 Å². The first kappa shape index (κ1) is 11.7. The van der Waals surface area contributed by atoms with Crippen LogP contribution >= 0.6 is 0 Å². The zero-order valence-electron chi connectivity index (χ0n) is 10.1. The van der Waals surface area contributed by atoms with Gasteiger partial charge in [0.15, 0.2) is 0 Å². The van der Waals surface area contributed by atoms with Crippen molar-refractivity contribution in [1.29, 1.82) is 0 Å². The molecule has 0 saturated heterocycles. The molecule has 0 spiro atoms. The summed E-state index contributed by atoms with van der Waals surface area (Å²) < 4.78 is 7.09. The van der Waals surface area contributed by atoms with Crippen LogP contribution in [0.4, 0.5) is 0 Å². The number of nitrogens with zero attached hydrogens (tertiary/aromatic N) is 2. The van der Waals surface area contributed by atoms with Gasteiger partial charge in [-0.15, -0.1) is 0 Å². The highest BCUT2D eigenvalue weighted by Gasteiger charge is 2.16. The van der Waals surface area contributed by atoms with Gasteiger partial charge in [-0.2, -0.15) is 5.10 Å². The van der Waals surface area contributed by atoms with Crippen LogP contribution in [0.5, 0.6) is 5.75 Å². The van der Waals surface area contributed by atoms with Gasteiger partial charge in [-0.1, -0.05) is 12.1 Å². The maximum atomic E-state index is 5.87. The van der Waals surface area contributed by atoms with Gasteiger partial charge in [0, 0.05) is 31.4 Å². The van der Waals surface area contributed by atoms with Crippen LogP contribution < -0.4 is 10.5 Å². The third kappa shape index (κ3) is 2.31. The van der Waals surface area contributed by atoms with Gasteiger partial charge < -0.3 is 10.5 Å². The molecule has 0 aliphatic rings. The third-order valence-electron chi connectivity index (χ3n) is 2.95. The van der Waals surface area contributed by atoms with Gasteiger partial charge in [0.1, 0.15) is 5.75 Å². The summed E-state index contributed by atoms with van der Waals surface area (Å²) in [6, 6.07) is 9.99. The fraction of sp³-hybridized carbons (Fsp3) is 0.308. The molecule has 2 aromatic rings. The molecule has 4 heteroatoms. The van der Waals surface area contributed by atoms with E-state index in [0.29, 0.717) is 6.54 Å². The van der Waals surface area contributed by atoms with Crippen molar-refractivity contribution in [2.24, 2.45) is 12.8 Å². The highest BCUT2D eigenvalue weighted by molar-refractivity contribution is 5.35. The number of methoxy groups -OCH3 is 1. The molecule has 1 aromatic carbocycles. The highest BCUT2D eigenvalue weighted by atomic mass is 16.5. The fourth-order valence-electron chi connectivity index (χ4n) is 2.01. The Morgan fingerprint density at radius 3 is 2.82 bits per heavy atom. The largest absolute Gasteiger partial charge is 0.497 e. The molecule has 0 amide bonds. The van der Waals surface area contributed by atoms with Gasteiger partial charge >= 0.3 is 0 Å². The van der Waals surface area contributed by atoms with E-state index in [1.165, 1.54) is 0 Å². The van der Waals surface area contributed by atoms with E-state index in [2.05, 4.69) is 11.2 Å². The predicted molar refractivity (Wildman–Crippen MR) is 67.1 cm³/mol. The standard InChI is InChI=1S/C13H17N3O/c1-16-13(6-7-15-16)12(9-14)10-4-3-5-11(8-10)17-2/h3-8,12H,9,14H2,1-2H3. The molecule has 0 saturated carbocycles. The molecule has 4 nitrogen and oxygen atoms in total. The van der Waals surface area contributed by atoms with Crippen LogP contribution in [-0.4, -0.2) is 23.4 Å². The molecule has 0 aliphatic heterocycles. The maximum Gasteiger partial charge on any atom is 0.119 e. The Bertz CT molecular complexity index is 493. The van der Waals surface area contributed by atoms with Crippen LogP contribution in [0.15, 0.2) is 36.5 Å². The Hall–Kier alpha value is -1.81. The van der Waals surface area contributed by atoms with E-state index in [0.717, 1.165) is 17.0 Å². The van der Waals surface area contributed by atoms with Gasteiger partial charge in [0.25, 0.3) is 0 Å². The molecule has 0 aliphatic carbocycles. The Morgan fingerprint density at radius 1 is 1.41 bits per heavy atom. The van der Waals surface area contributed by atoms with Crippen LogP contribution in [0.25, 0.3) is 0 Å². The van der Waals surface area contributed by atoms with E-state index in [-0.39, 0.29) is 5.92 Å². The van der Waals surface area contributed by atoms with Crippen LogP contribution in [0.2, 0.25) is 0 Å².